The van der Waals surface area contributed by atoms with Crippen molar-refractivity contribution in [2.24, 2.45) is 0 Å². The highest BCUT2D eigenvalue weighted by molar-refractivity contribution is 5.55. The number of nitrogens with zero attached hydrogens (tertiary/aromatic N) is 3. The summed E-state index contributed by atoms with van der Waals surface area (Å²) in [5.41, 5.74) is 0.930. The third-order valence-electron chi connectivity index (χ3n) is 3.79. The summed E-state index contributed by atoms with van der Waals surface area (Å²) in [7, 11) is 1.65. The van der Waals surface area contributed by atoms with Gasteiger partial charge in [-0.15, -0.1) is 0 Å². The molecule has 1 aliphatic heterocycles. The first-order valence-corrected chi connectivity index (χ1v) is 7.18. The van der Waals surface area contributed by atoms with Crippen LogP contribution in [0.25, 0.3) is 11.4 Å². The van der Waals surface area contributed by atoms with E-state index in [9.17, 15) is 0 Å². The van der Waals surface area contributed by atoms with Gasteiger partial charge < -0.3 is 14.6 Å². The Balaban J connectivity index is 1.70. The average molecular weight is 288 g/mol. The van der Waals surface area contributed by atoms with Crippen LogP contribution >= 0.6 is 0 Å². The van der Waals surface area contributed by atoms with Gasteiger partial charge in [0.2, 0.25) is 11.7 Å². The Hall–Kier alpha value is -1.92. The van der Waals surface area contributed by atoms with Crippen molar-refractivity contribution < 1.29 is 9.26 Å². The second-order valence-electron chi connectivity index (χ2n) is 5.26. The molecule has 1 saturated heterocycles. The second kappa shape index (κ2) is 6.24. The van der Waals surface area contributed by atoms with E-state index in [2.05, 4.69) is 27.3 Å². The highest BCUT2D eigenvalue weighted by Crippen LogP contribution is 2.20. The highest BCUT2D eigenvalue weighted by Gasteiger charge is 2.20. The van der Waals surface area contributed by atoms with Gasteiger partial charge in [0.1, 0.15) is 5.75 Å². The number of piperazine rings is 1. The summed E-state index contributed by atoms with van der Waals surface area (Å²) in [5.74, 6) is 2.10. The molecule has 2 heterocycles. The van der Waals surface area contributed by atoms with Crippen molar-refractivity contribution in [1.82, 2.24) is 20.4 Å². The number of hydrogen-bond acceptors (Lipinski definition) is 6. The van der Waals surface area contributed by atoms with Crippen LogP contribution in [-0.4, -0.2) is 47.8 Å². The summed E-state index contributed by atoms with van der Waals surface area (Å²) in [4.78, 5) is 6.83. The van der Waals surface area contributed by atoms with Crippen LogP contribution in [0.5, 0.6) is 5.75 Å². The van der Waals surface area contributed by atoms with Gasteiger partial charge in [-0.2, -0.15) is 4.98 Å². The normalized spacial score (nSPS) is 19.6. The molecule has 2 aromatic rings. The molecule has 112 valence electrons. The Morgan fingerprint density at radius 1 is 1.38 bits per heavy atom. The van der Waals surface area contributed by atoms with Crippen LogP contribution in [0.1, 0.15) is 12.8 Å². The minimum Gasteiger partial charge on any atom is -0.497 e. The van der Waals surface area contributed by atoms with Crippen molar-refractivity contribution in [3.63, 3.8) is 0 Å². The fraction of sp³-hybridized carbons (Fsp3) is 0.467. The molecule has 1 aromatic carbocycles. The summed E-state index contributed by atoms with van der Waals surface area (Å²) >= 11 is 0. The van der Waals surface area contributed by atoms with Crippen LogP contribution in [0.15, 0.2) is 28.8 Å². The first kappa shape index (κ1) is 14.0. The van der Waals surface area contributed by atoms with Crippen LogP contribution < -0.4 is 10.1 Å². The molecule has 0 unspecified atom stereocenters. The summed E-state index contributed by atoms with van der Waals surface area (Å²) < 4.78 is 10.5. The molecular formula is C15H20N4O2. The largest absolute Gasteiger partial charge is 0.497 e. The zero-order valence-corrected chi connectivity index (χ0v) is 12.4. The SMILES string of the molecule is COc1ccc(-c2noc(CN3CCNC[C@H]3C)n2)cc1. The Kier molecular flexibility index (Phi) is 4.17. The zero-order chi connectivity index (χ0) is 14.7. The number of methoxy groups -OCH3 is 1. The van der Waals surface area contributed by atoms with Gasteiger partial charge in [0.05, 0.1) is 13.7 Å². The van der Waals surface area contributed by atoms with Crippen molar-refractivity contribution in [3.8, 4) is 17.1 Å². The quantitative estimate of drug-likeness (QED) is 0.920. The molecule has 0 aliphatic carbocycles. The Morgan fingerprint density at radius 3 is 2.90 bits per heavy atom. The van der Waals surface area contributed by atoms with E-state index in [-0.39, 0.29) is 0 Å². The van der Waals surface area contributed by atoms with Crippen LogP contribution in [0.3, 0.4) is 0 Å². The molecule has 0 radical (unpaired) electrons. The van der Waals surface area contributed by atoms with Gasteiger partial charge >= 0.3 is 0 Å². The standard InChI is InChI=1S/C15H20N4O2/c1-11-9-16-7-8-19(11)10-14-17-15(18-21-14)12-3-5-13(20-2)6-4-12/h3-6,11,16H,7-10H2,1-2H3/t11-/m1/s1. The van der Waals surface area contributed by atoms with Crippen molar-refractivity contribution in [2.75, 3.05) is 26.7 Å². The Labute approximate surface area is 124 Å². The van der Waals surface area contributed by atoms with E-state index in [1.54, 1.807) is 7.11 Å². The molecule has 0 bridgehead atoms. The van der Waals surface area contributed by atoms with E-state index in [1.807, 2.05) is 24.3 Å². The predicted molar refractivity (Wildman–Crippen MR) is 79.0 cm³/mol. The number of hydrogen-bond donors (Lipinski definition) is 1. The summed E-state index contributed by atoms with van der Waals surface area (Å²) in [6.07, 6.45) is 0. The van der Waals surface area contributed by atoms with Gasteiger partial charge in [-0.05, 0) is 31.2 Å². The molecule has 3 rings (SSSR count). The van der Waals surface area contributed by atoms with Gasteiger partial charge in [-0.3, -0.25) is 4.90 Å². The van der Waals surface area contributed by atoms with Gasteiger partial charge in [-0.25, -0.2) is 0 Å². The molecule has 0 amide bonds. The maximum atomic E-state index is 5.37. The van der Waals surface area contributed by atoms with Crippen molar-refractivity contribution in [2.45, 2.75) is 19.5 Å². The molecule has 1 N–H and O–H groups in total. The molecule has 1 aliphatic rings. The van der Waals surface area contributed by atoms with Gasteiger partial charge in [0.25, 0.3) is 0 Å². The average Bonchev–Trinajstić information content (AvgIpc) is 2.98. The van der Waals surface area contributed by atoms with Crippen LogP contribution in [-0.2, 0) is 6.54 Å². The summed E-state index contributed by atoms with van der Waals surface area (Å²) in [6, 6.07) is 8.13. The molecule has 6 heteroatoms. The molecule has 1 atom stereocenters. The van der Waals surface area contributed by atoms with Crippen LogP contribution in [0, 0.1) is 0 Å². The first-order valence-electron chi connectivity index (χ1n) is 7.18. The van der Waals surface area contributed by atoms with Gasteiger partial charge in [0.15, 0.2) is 0 Å². The number of aromatic nitrogens is 2. The van der Waals surface area contributed by atoms with Crippen molar-refractivity contribution >= 4 is 0 Å². The molecular weight excluding hydrogens is 268 g/mol. The van der Waals surface area contributed by atoms with E-state index < -0.39 is 0 Å². The minimum atomic E-state index is 0.482. The number of benzene rings is 1. The van der Waals surface area contributed by atoms with Crippen molar-refractivity contribution in [1.29, 1.82) is 0 Å². The van der Waals surface area contributed by atoms with Crippen LogP contribution in [0.2, 0.25) is 0 Å². The van der Waals surface area contributed by atoms with Gasteiger partial charge in [-0.1, -0.05) is 5.16 Å². The lowest BCUT2D eigenvalue weighted by Crippen LogP contribution is -2.49. The third-order valence-corrected chi connectivity index (χ3v) is 3.79. The monoisotopic (exact) mass is 288 g/mol. The van der Waals surface area contributed by atoms with E-state index in [0.29, 0.717) is 24.3 Å². The second-order valence-corrected chi connectivity index (χ2v) is 5.26. The molecule has 0 saturated carbocycles. The third kappa shape index (κ3) is 3.22. The van der Waals surface area contributed by atoms with Crippen LogP contribution in [0.4, 0.5) is 0 Å². The predicted octanol–water partition coefficient (Wildman–Crippen LogP) is 1.54. The zero-order valence-electron chi connectivity index (χ0n) is 12.4. The lowest BCUT2D eigenvalue weighted by atomic mass is 10.2. The lowest BCUT2D eigenvalue weighted by molar-refractivity contribution is 0.146. The smallest absolute Gasteiger partial charge is 0.241 e. The maximum absolute atomic E-state index is 5.37. The topological polar surface area (TPSA) is 63.4 Å². The minimum absolute atomic E-state index is 0.482. The Morgan fingerprint density at radius 2 is 2.19 bits per heavy atom. The number of nitrogens with one attached hydrogen (secondary N) is 1. The Bertz CT molecular complexity index is 582. The summed E-state index contributed by atoms with van der Waals surface area (Å²) in [6.45, 7) is 5.91. The van der Waals surface area contributed by atoms with E-state index in [4.69, 9.17) is 9.26 Å². The summed E-state index contributed by atoms with van der Waals surface area (Å²) in [5, 5.41) is 7.44. The van der Waals surface area contributed by atoms with E-state index >= 15 is 0 Å². The number of rotatable bonds is 4. The molecule has 0 spiro atoms. The fourth-order valence-electron chi connectivity index (χ4n) is 2.47. The molecule has 21 heavy (non-hydrogen) atoms. The van der Waals surface area contributed by atoms with E-state index in [0.717, 1.165) is 30.9 Å². The lowest BCUT2D eigenvalue weighted by Gasteiger charge is -2.32. The maximum Gasteiger partial charge on any atom is 0.241 e. The fourth-order valence-corrected chi connectivity index (χ4v) is 2.47. The number of ether oxygens (including phenoxy) is 1. The van der Waals surface area contributed by atoms with Crippen molar-refractivity contribution in [3.05, 3.63) is 30.2 Å². The van der Waals surface area contributed by atoms with E-state index in [1.165, 1.54) is 0 Å². The molecule has 6 nitrogen and oxygen atoms in total. The first-order chi connectivity index (χ1) is 10.3. The van der Waals surface area contributed by atoms with Gasteiger partial charge in [0, 0.05) is 31.2 Å². The molecule has 1 aromatic heterocycles. The highest BCUT2D eigenvalue weighted by atomic mass is 16.5. The molecule has 1 fully saturated rings.